The first-order chi connectivity index (χ1) is 7.34. The standard InChI is InChI=1S/C9H6F5IO/c10-5-2-1-3-6(15)7(5)16-4-9(13,14)8(11)12/h1-3,8H,4H2. The molecular formula is C9H6F5IO. The van der Waals surface area contributed by atoms with Gasteiger partial charge in [-0.3, -0.25) is 0 Å². The van der Waals surface area contributed by atoms with Crippen LogP contribution in [0.15, 0.2) is 18.2 Å². The first-order valence-corrected chi connectivity index (χ1v) is 5.15. The molecule has 0 aliphatic heterocycles. The summed E-state index contributed by atoms with van der Waals surface area (Å²) in [6.07, 6.45) is -3.84. The molecular weight excluding hydrogens is 346 g/mol. The predicted molar refractivity (Wildman–Crippen MR) is 55.6 cm³/mol. The quantitative estimate of drug-likeness (QED) is 0.593. The SMILES string of the molecule is Fc1cccc(I)c1OCC(F)(F)C(F)F. The van der Waals surface area contributed by atoms with Gasteiger partial charge in [-0.2, -0.15) is 8.78 Å². The molecule has 0 saturated carbocycles. The zero-order valence-corrected chi connectivity index (χ0v) is 9.85. The minimum absolute atomic E-state index is 0.239. The van der Waals surface area contributed by atoms with Gasteiger partial charge in [0.05, 0.1) is 3.57 Å². The van der Waals surface area contributed by atoms with Crippen LogP contribution in [0.1, 0.15) is 0 Å². The number of hydrogen-bond donors (Lipinski definition) is 0. The largest absolute Gasteiger partial charge is 0.483 e. The van der Waals surface area contributed by atoms with Crippen molar-refractivity contribution in [2.75, 3.05) is 6.61 Å². The van der Waals surface area contributed by atoms with Gasteiger partial charge in [0.15, 0.2) is 18.2 Å². The average Bonchev–Trinajstić information content (AvgIpc) is 2.16. The van der Waals surface area contributed by atoms with Crippen LogP contribution < -0.4 is 4.74 Å². The van der Waals surface area contributed by atoms with Gasteiger partial charge < -0.3 is 4.74 Å². The highest BCUT2D eigenvalue weighted by Crippen LogP contribution is 2.28. The molecule has 0 radical (unpaired) electrons. The van der Waals surface area contributed by atoms with E-state index in [0.717, 1.165) is 6.07 Å². The monoisotopic (exact) mass is 352 g/mol. The van der Waals surface area contributed by atoms with E-state index in [9.17, 15) is 22.0 Å². The van der Waals surface area contributed by atoms with Gasteiger partial charge in [0, 0.05) is 0 Å². The van der Waals surface area contributed by atoms with Gasteiger partial charge in [-0.15, -0.1) is 0 Å². The zero-order chi connectivity index (χ0) is 12.3. The molecule has 1 rings (SSSR count). The first kappa shape index (κ1) is 13.5. The Balaban J connectivity index is 2.75. The van der Waals surface area contributed by atoms with Gasteiger partial charge in [0.25, 0.3) is 0 Å². The summed E-state index contributed by atoms with van der Waals surface area (Å²) < 4.78 is 66.3. The summed E-state index contributed by atoms with van der Waals surface area (Å²) in [5.74, 6) is -5.59. The van der Waals surface area contributed by atoms with Crippen molar-refractivity contribution in [3.05, 3.63) is 27.6 Å². The van der Waals surface area contributed by atoms with Crippen LogP contribution in [0.25, 0.3) is 0 Å². The average molecular weight is 352 g/mol. The Kier molecular flexibility index (Phi) is 4.34. The molecule has 0 amide bonds. The van der Waals surface area contributed by atoms with Crippen molar-refractivity contribution in [3.8, 4) is 5.75 Å². The maximum atomic E-state index is 13.1. The van der Waals surface area contributed by atoms with Crippen molar-refractivity contribution in [1.29, 1.82) is 0 Å². The minimum Gasteiger partial charge on any atom is -0.483 e. The third-order valence-corrected chi connectivity index (χ3v) is 2.50. The van der Waals surface area contributed by atoms with Gasteiger partial charge in [-0.1, -0.05) is 6.07 Å². The molecule has 0 aromatic heterocycles. The fraction of sp³-hybridized carbons (Fsp3) is 0.333. The van der Waals surface area contributed by atoms with Crippen LogP contribution in [0, 0.1) is 9.39 Å². The van der Waals surface area contributed by atoms with Crippen molar-refractivity contribution >= 4 is 22.6 Å². The van der Waals surface area contributed by atoms with Crippen molar-refractivity contribution in [2.24, 2.45) is 0 Å². The van der Waals surface area contributed by atoms with Crippen molar-refractivity contribution in [1.82, 2.24) is 0 Å². The van der Waals surface area contributed by atoms with Gasteiger partial charge in [0.1, 0.15) is 0 Å². The molecule has 1 aromatic rings. The van der Waals surface area contributed by atoms with E-state index in [0.29, 0.717) is 0 Å². The summed E-state index contributed by atoms with van der Waals surface area (Å²) in [7, 11) is 0. The summed E-state index contributed by atoms with van der Waals surface area (Å²) in [6, 6.07) is 3.77. The van der Waals surface area contributed by atoms with Crippen LogP contribution in [0.2, 0.25) is 0 Å². The van der Waals surface area contributed by atoms with Crippen LogP contribution in [-0.2, 0) is 0 Å². The molecule has 7 heteroatoms. The van der Waals surface area contributed by atoms with Crippen LogP contribution in [-0.4, -0.2) is 19.0 Å². The Morgan fingerprint density at radius 2 is 1.94 bits per heavy atom. The molecule has 0 unspecified atom stereocenters. The Morgan fingerprint density at radius 1 is 1.31 bits per heavy atom. The van der Waals surface area contributed by atoms with E-state index in [1.54, 1.807) is 22.6 Å². The second-order valence-corrected chi connectivity index (χ2v) is 4.06. The molecule has 90 valence electrons. The summed E-state index contributed by atoms with van der Waals surface area (Å²) in [5.41, 5.74) is 0. The maximum Gasteiger partial charge on any atom is 0.340 e. The van der Waals surface area contributed by atoms with Crippen molar-refractivity contribution in [2.45, 2.75) is 12.3 Å². The fourth-order valence-electron chi connectivity index (χ4n) is 0.852. The molecule has 0 aliphatic rings. The lowest BCUT2D eigenvalue weighted by molar-refractivity contribution is -0.148. The topological polar surface area (TPSA) is 9.23 Å². The second kappa shape index (κ2) is 5.15. The summed E-state index contributed by atoms with van der Waals surface area (Å²) in [6.45, 7) is -1.55. The van der Waals surface area contributed by atoms with E-state index >= 15 is 0 Å². The third kappa shape index (κ3) is 3.19. The third-order valence-electron chi connectivity index (χ3n) is 1.65. The van der Waals surface area contributed by atoms with E-state index in [1.807, 2.05) is 0 Å². The number of rotatable bonds is 4. The Bertz CT molecular complexity index is 349. The molecule has 0 atom stereocenters. The van der Waals surface area contributed by atoms with E-state index in [1.165, 1.54) is 12.1 Å². The lowest BCUT2D eigenvalue weighted by atomic mass is 10.3. The van der Waals surface area contributed by atoms with E-state index < -0.39 is 30.5 Å². The van der Waals surface area contributed by atoms with Crippen molar-refractivity contribution in [3.63, 3.8) is 0 Å². The molecule has 0 spiro atoms. The van der Waals surface area contributed by atoms with E-state index in [2.05, 4.69) is 4.74 Å². The van der Waals surface area contributed by atoms with E-state index in [-0.39, 0.29) is 3.57 Å². The highest BCUT2D eigenvalue weighted by molar-refractivity contribution is 14.1. The van der Waals surface area contributed by atoms with Crippen LogP contribution in [0.4, 0.5) is 22.0 Å². The molecule has 16 heavy (non-hydrogen) atoms. The number of benzene rings is 1. The minimum atomic E-state index is -4.29. The number of ether oxygens (including phenoxy) is 1. The molecule has 1 aromatic carbocycles. The molecule has 0 bridgehead atoms. The lowest BCUT2D eigenvalue weighted by Gasteiger charge is -2.16. The fourth-order valence-corrected chi connectivity index (χ4v) is 1.47. The first-order valence-electron chi connectivity index (χ1n) is 4.07. The molecule has 0 saturated heterocycles. The lowest BCUT2D eigenvalue weighted by Crippen LogP contribution is -2.34. The molecule has 0 N–H and O–H groups in total. The smallest absolute Gasteiger partial charge is 0.340 e. The number of alkyl halides is 4. The van der Waals surface area contributed by atoms with Crippen LogP contribution >= 0.6 is 22.6 Å². The summed E-state index contributed by atoms with van der Waals surface area (Å²) in [4.78, 5) is 0. The van der Waals surface area contributed by atoms with Gasteiger partial charge in [0.2, 0.25) is 0 Å². The molecule has 0 aliphatic carbocycles. The number of halogens is 6. The zero-order valence-electron chi connectivity index (χ0n) is 7.69. The molecule has 0 heterocycles. The second-order valence-electron chi connectivity index (χ2n) is 2.90. The summed E-state index contributed by atoms with van der Waals surface area (Å²) in [5, 5.41) is 0. The number of para-hydroxylation sites is 1. The van der Waals surface area contributed by atoms with Crippen LogP contribution in [0.5, 0.6) is 5.75 Å². The maximum absolute atomic E-state index is 13.1. The normalized spacial score (nSPS) is 11.9. The highest BCUT2D eigenvalue weighted by atomic mass is 127. The summed E-state index contributed by atoms with van der Waals surface area (Å²) >= 11 is 1.66. The highest BCUT2D eigenvalue weighted by Gasteiger charge is 2.42. The van der Waals surface area contributed by atoms with Gasteiger partial charge in [-0.05, 0) is 34.7 Å². The van der Waals surface area contributed by atoms with Crippen molar-refractivity contribution < 1.29 is 26.7 Å². The Hall–Kier alpha value is -0.600. The Morgan fingerprint density at radius 3 is 2.44 bits per heavy atom. The Labute approximate surface area is 102 Å². The van der Waals surface area contributed by atoms with Gasteiger partial charge in [-0.25, -0.2) is 13.2 Å². The number of hydrogen-bond acceptors (Lipinski definition) is 1. The van der Waals surface area contributed by atoms with Gasteiger partial charge >= 0.3 is 12.3 Å². The molecule has 0 fully saturated rings. The predicted octanol–water partition coefficient (Wildman–Crippen LogP) is 3.71. The van der Waals surface area contributed by atoms with Crippen LogP contribution in [0.3, 0.4) is 0 Å². The van der Waals surface area contributed by atoms with E-state index in [4.69, 9.17) is 0 Å². The molecule has 1 nitrogen and oxygen atoms in total.